The van der Waals surface area contributed by atoms with Gasteiger partial charge in [0, 0.05) is 30.4 Å². The monoisotopic (exact) mass is 430 g/mol. The Hall–Kier alpha value is -3.19. The number of hydrogen-bond donors (Lipinski definition) is 1. The fraction of sp³-hybridized carbons (Fsp3) is 0.400. The summed E-state index contributed by atoms with van der Waals surface area (Å²) in [6.45, 7) is 8.94. The lowest BCUT2D eigenvalue weighted by molar-refractivity contribution is 0.237. The number of anilines is 1. The second-order valence-electron chi connectivity index (χ2n) is 8.60. The lowest BCUT2D eigenvalue weighted by Crippen LogP contribution is -2.34. The highest BCUT2D eigenvalue weighted by molar-refractivity contribution is 5.81. The van der Waals surface area contributed by atoms with Crippen molar-refractivity contribution in [1.29, 1.82) is 0 Å². The number of piperidine rings is 1. The molecule has 1 fully saturated rings. The zero-order chi connectivity index (χ0) is 21.9. The van der Waals surface area contributed by atoms with Gasteiger partial charge < -0.3 is 19.3 Å². The third kappa shape index (κ3) is 4.25. The molecule has 1 N–H and O–H groups in total. The number of likely N-dealkylation sites (tertiary alicyclic amines) is 1. The number of aromatic nitrogens is 4. The predicted octanol–water partition coefficient (Wildman–Crippen LogP) is 4.65. The van der Waals surface area contributed by atoms with E-state index in [4.69, 9.17) is 9.51 Å². The van der Waals surface area contributed by atoms with Crippen molar-refractivity contribution in [2.24, 2.45) is 0 Å². The van der Waals surface area contributed by atoms with Crippen LogP contribution >= 0.6 is 0 Å². The molecule has 7 heteroatoms. The maximum atomic E-state index is 5.39. The first-order valence-electron chi connectivity index (χ1n) is 11.5. The molecule has 0 atom stereocenters. The molecule has 1 saturated heterocycles. The van der Waals surface area contributed by atoms with Gasteiger partial charge in [-0.25, -0.2) is 4.98 Å². The van der Waals surface area contributed by atoms with Crippen LogP contribution in [0.3, 0.4) is 0 Å². The van der Waals surface area contributed by atoms with Crippen molar-refractivity contribution in [2.75, 3.05) is 31.5 Å². The lowest BCUT2D eigenvalue weighted by atomic mass is 10.1. The van der Waals surface area contributed by atoms with Crippen LogP contribution in [0.1, 0.15) is 36.3 Å². The van der Waals surface area contributed by atoms with Crippen molar-refractivity contribution in [2.45, 2.75) is 39.7 Å². The Labute approximate surface area is 188 Å². The van der Waals surface area contributed by atoms with Crippen molar-refractivity contribution in [3.05, 3.63) is 59.6 Å². The van der Waals surface area contributed by atoms with Gasteiger partial charge in [0.15, 0.2) is 5.65 Å². The van der Waals surface area contributed by atoms with Gasteiger partial charge in [0.05, 0.1) is 17.8 Å². The first-order valence-corrected chi connectivity index (χ1v) is 11.5. The first kappa shape index (κ1) is 20.7. The van der Waals surface area contributed by atoms with E-state index >= 15 is 0 Å². The van der Waals surface area contributed by atoms with Crippen LogP contribution in [0.25, 0.3) is 22.3 Å². The van der Waals surface area contributed by atoms with E-state index in [-0.39, 0.29) is 0 Å². The molecule has 0 aliphatic carbocycles. The topological polar surface area (TPSA) is 72.0 Å². The van der Waals surface area contributed by atoms with E-state index < -0.39 is 0 Å². The smallest absolute Gasteiger partial charge is 0.205 e. The molecular formula is C25H30N6O. The van der Waals surface area contributed by atoms with E-state index in [2.05, 4.69) is 55.3 Å². The Morgan fingerprint density at radius 3 is 2.62 bits per heavy atom. The van der Waals surface area contributed by atoms with Crippen molar-refractivity contribution in [1.82, 2.24) is 24.6 Å². The fourth-order valence-electron chi connectivity index (χ4n) is 4.61. The Morgan fingerprint density at radius 1 is 1.06 bits per heavy atom. The Bertz CT molecular complexity index is 1170. The lowest BCUT2D eigenvalue weighted by Gasteiger charge is -2.26. The number of pyridine rings is 1. The molecular weight excluding hydrogens is 400 g/mol. The Morgan fingerprint density at radius 2 is 1.88 bits per heavy atom. The number of hydrogen-bond acceptors (Lipinski definition) is 6. The fourth-order valence-corrected chi connectivity index (χ4v) is 4.61. The summed E-state index contributed by atoms with van der Waals surface area (Å²) in [6.07, 6.45) is 5.84. The SMILES string of the molecule is Cc1noc(C)c1-c1cnc2nc(NCCN3CCCCC3)n(Cc3ccccc3)c2c1. The Balaban J connectivity index is 1.48. The number of nitrogens with one attached hydrogen (secondary N) is 1. The van der Waals surface area contributed by atoms with Gasteiger partial charge in [0.25, 0.3) is 0 Å². The minimum atomic E-state index is 0.732. The summed E-state index contributed by atoms with van der Waals surface area (Å²) < 4.78 is 7.62. The summed E-state index contributed by atoms with van der Waals surface area (Å²) >= 11 is 0. The minimum absolute atomic E-state index is 0.732. The van der Waals surface area contributed by atoms with E-state index in [1.54, 1.807) is 0 Å². The highest BCUT2D eigenvalue weighted by Gasteiger charge is 2.17. The van der Waals surface area contributed by atoms with Gasteiger partial charge in [-0.05, 0) is 51.4 Å². The molecule has 4 heterocycles. The summed E-state index contributed by atoms with van der Waals surface area (Å²) in [7, 11) is 0. The number of nitrogens with zero attached hydrogens (tertiary/aromatic N) is 5. The summed E-state index contributed by atoms with van der Waals surface area (Å²) in [4.78, 5) is 12.1. The van der Waals surface area contributed by atoms with Crippen LogP contribution in [0.5, 0.6) is 0 Å². The molecule has 1 aliphatic rings. The van der Waals surface area contributed by atoms with E-state index in [9.17, 15) is 0 Å². The second kappa shape index (κ2) is 9.12. The maximum Gasteiger partial charge on any atom is 0.205 e. The van der Waals surface area contributed by atoms with Gasteiger partial charge in [-0.3, -0.25) is 0 Å². The van der Waals surface area contributed by atoms with Crippen LogP contribution in [0.15, 0.2) is 47.1 Å². The number of fused-ring (bicyclic) bond motifs is 1. The van der Waals surface area contributed by atoms with Gasteiger partial charge in [0.1, 0.15) is 5.76 Å². The highest BCUT2D eigenvalue weighted by atomic mass is 16.5. The third-order valence-electron chi connectivity index (χ3n) is 6.27. The molecule has 0 unspecified atom stereocenters. The van der Waals surface area contributed by atoms with Gasteiger partial charge in [-0.2, -0.15) is 4.98 Å². The second-order valence-corrected chi connectivity index (χ2v) is 8.60. The van der Waals surface area contributed by atoms with Crippen LogP contribution in [0.2, 0.25) is 0 Å². The normalized spacial score (nSPS) is 14.8. The van der Waals surface area contributed by atoms with Crippen molar-refractivity contribution >= 4 is 17.1 Å². The van der Waals surface area contributed by atoms with Crippen LogP contribution in [-0.2, 0) is 6.54 Å². The summed E-state index contributed by atoms with van der Waals surface area (Å²) in [6, 6.07) is 12.6. The number of benzene rings is 1. The van der Waals surface area contributed by atoms with Crippen molar-refractivity contribution < 1.29 is 4.52 Å². The molecule has 5 rings (SSSR count). The zero-order valence-corrected chi connectivity index (χ0v) is 18.8. The molecule has 4 aromatic rings. The average molecular weight is 431 g/mol. The molecule has 3 aromatic heterocycles. The molecule has 0 saturated carbocycles. The molecule has 0 spiro atoms. The molecule has 0 amide bonds. The summed E-state index contributed by atoms with van der Waals surface area (Å²) in [5.74, 6) is 1.67. The number of aryl methyl sites for hydroxylation is 2. The van der Waals surface area contributed by atoms with Crippen LogP contribution in [-0.4, -0.2) is 50.8 Å². The summed E-state index contributed by atoms with van der Waals surface area (Å²) in [5, 5.41) is 7.70. The van der Waals surface area contributed by atoms with Gasteiger partial charge >= 0.3 is 0 Å². The van der Waals surface area contributed by atoms with E-state index in [0.29, 0.717) is 0 Å². The van der Waals surface area contributed by atoms with Crippen LogP contribution < -0.4 is 5.32 Å². The predicted molar refractivity (Wildman–Crippen MR) is 127 cm³/mol. The maximum absolute atomic E-state index is 5.39. The van der Waals surface area contributed by atoms with Gasteiger partial charge in [-0.15, -0.1) is 0 Å². The molecule has 1 aliphatic heterocycles. The Kier molecular flexibility index (Phi) is 5.90. The average Bonchev–Trinajstić information content (AvgIpc) is 3.33. The number of imidazole rings is 1. The molecule has 32 heavy (non-hydrogen) atoms. The van der Waals surface area contributed by atoms with Crippen LogP contribution in [0.4, 0.5) is 5.95 Å². The van der Waals surface area contributed by atoms with E-state index in [1.165, 1.54) is 37.9 Å². The van der Waals surface area contributed by atoms with Gasteiger partial charge in [0.2, 0.25) is 5.95 Å². The molecule has 1 aromatic carbocycles. The highest BCUT2D eigenvalue weighted by Crippen LogP contribution is 2.30. The quantitative estimate of drug-likeness (QED) is 0.460. The largest absolute Gasteiger partial charge is 0.361 e. The molecule has 7 nitrogen and oxygen atoms in total. The van der Waals surface area contributed by atoms with Crippen molar-refractivity contribution in [3.8, 4) is 11.1 Å². The zero-order valence-electron chi connectivity index (χ0n) is 18.8. The van der Waals surface area contributed by atoms with E-state index in [1.807, 2.05) is 26.1 Å². The first-order chi connectivity index (χ1) is 15.7. The van der Waals surface area contributed by atoms with Crippen molar-refractivity contribution in [3.63, 3.8) is 0 Å². The molecule has 0 radical (unpaired) electrons. The third-order valence-corrected chi connectivity index (χ3v) is 6.27. The number of rotatable bonds is 7. The van der Waals surface area contributed by atoms with E-state index in [0.717, 1.165) is 59.3 Å². The standard InChI is InChI=1S/C25H30N6O/c1-18-23(19(2)32-29-18)21-15-22-24(27-16-21)28-25(26-11-14-30-12-7-4-8-13-30)31(22)17-20-9-5-3-6-10-20/h3,5-6,9-10,15-16H,4,7-8,11-14,17H2,1-2H3,(H,26,27,28). The minimum Gasteiger partial charge on any atom is -0.361 e. The van der Waals surface area contributed by atoms with Crippen LogP contribution in [0, 0.1) is 13.8 Å². The molecule has 0 bridgehead atoms. The van der Waals surface area contributed by atoms with Gasteiger partial charge in [-0.1, -0.05) is 41.9 Å². The summed E-state index contributed by atoms with van der Waals surface area (Å²) in [5.41, 5.74) is 5.87. The molecule has 166 valence electrons.